The number of methoxy groups -OCH3 is 1. The lowest BCUT2D eigenvalue weighted by Gasteiger charge is -2.12. The molecule has 0 aliphatic carbocycles. The van der Waals surface area contributed by atoms with Crippen LogP contribution in [0.15, 0.2) is 48.5 Å². The van der Waals surface area contributed by atoms with Gasteiger partial charge in [0, 0.05) is 24.2 Å². The van der Waals surface area contributed by atoms with Crippen LogP contribution in [0.5, 0.6) is 11.5 Å². The number of hydrogen-bond acceptors (Lipinski definition) is 5. The molecule has 1 aromatic heterocycles. The molecule has 2 aromatic carbocycles. The summed E-state index contributed by atoms with van der Waals surface area (Å²) < 4.78 is 13.3. The van der Waals surface area contributed by atoms with E-state index < -0.39 is 0 Å². The Labute approximate surface area is 188 Å². The number of aromatic nitrogens is 3. The van der Waals surface area contributed by atoms with Crippen LogP contribution in [0.3, 0.4) is 0 Å². The summed E-state index contributed by atoms with van der Waals surface area (Å²) in [5, 5.41) is 11.6. The molecule has 0 bridgehead atoms. The highest BCUT2D eigenvalue weighted by Gasteiger charge is 2.16. The SMILES string of the molecule is C/C=C/c1ccc(OCC(=O)Nc2ccc(-c3nnc4n3CCCCC4)cc2)c(OC)c1. The average Bonchev–Trinajstić information content (AvgIpc) is 3.06. The minimum absolute atomic E-state index is 0.112. The Morgan fingerprint density at radius 2 is 1.94 bits per heavy atom. The molecule has 166 valence electrons. The highest BCUT2D eigenvalue weighted by molar-refractivity contribution is 5.92. The van der Waals surface area contributed by atoms with Crippen LogP contribution < -0.4 is 14.8 Å². The number of aryl methyl sites for hydroxylation is 1. The van der Waals surface area contributed by atoms with Crippen molar-refractivity contribution in [2.24, 2.45) is 0 Å². The molecule has 32 heavy (non-hydrogen) atoms. The van der Waals surface area contributed by atoms with E-state index >= 15 is 0 Å². The molecule has 1 amide bonds. The van der Waals surface area contributed by atoms with E-state index in [0.29, 0.717) is 17.2 Å². The second-order valence-corrected chi connectivity index (χ2v) is 7.73. The van der Waals surface area contributed by atoms with Gasteiger partial charge in [-0.2, -0.15) is 0 Å². The molecule has 0 saturated heterocycles. The zero-order valence-corrected chi connectivity index (χ0v) is 18.5. The molecule has 0 radical (unpaired) electrons. The van der Waals surface area contributed by atoms with E-state index in [4.69, 9.17) is 9.47 Å². The summed E-state index contributed by atoms with van der Waals surface area (Å²) in [4.78, 5) is 12.4. The van der Waals surface area contributed by atoms with Crippen molar-refractivity contribution in [2.45, 2.75) is 39.2 Å². The maximum atomic E-state index is 12.4. The summed E-state index contributed by atoms with van der Waals surface area (Å²) in [6.45, 7) is 2.79. The van der Waals surface area contributed by atoms with Gasteiger partial charge in [0.1, 0.15) is 5.82 Å². The minimum Gasteiger partial charge on any atom is -0.493 e. The first-order valence-corrected chi connectivity index (χ1v) is 10.9. The standard InChI is InChI=1S/C25H28N4O3/c1-3-7-18-9-14-21(22(16-18)31-2)32-17-24(30)26-20-12-10-19(11-13-20)25-28-27-23-8-5-4-6-15-29(23)25/h3,7,9-14,16H,4-6,8,15,17H2,1-2H3,(H,26,30)/b7-3+. The third kappa shape index (κ3) is 4.99. The molecule has 0 atom stereocenters. The summed E-state index contributed by atoms with van der Waals surface area (Å²) in [6.07, 6.45) is 8.43. The summed E-state index contributed by atoms with van der Waals surface area (Å²) >= 11 is 0. The van der Waals surface area contributed by atoms with Gasteiger partial charge in [-0.15, -0.1) is 10.2 Å². The summed E-state index contributed by atoms with van der Waals surface area (Å²) in [6, 6.07) is 13.3. The Hall–Kier alpha value is -3.61. The molecule has 0 spiro atoms. The fourth-order valence-electron chi connectivity index (χ4n) is 3.84. The first-order valence-electron chi connectivity index (χ1n) is 10.9. The highest BCUT2D eigenvalue weighted by atomic mass is 16.5. The molecule has 7 heteroatoms. The third-order valence-electron chi connectivity index (χ3n) is 5.44. The normalized spacial score (nSPS) is 13.4. The minimum atomic E-state index is -0.242. The fraction of sp³-hybridized carbons (Fsp3) is 0.320. The van der Waals surface area contributed by atoms with Crippen molar-refractivity contribution in [3.63, 3.8) is 0 Å². The molecule has 0 unspecified atom stereocenters. The Balaban J connectivity index is 1.37. The molecule has 1 N–H and O–H groups in total. The zero-order chi connectivity index (χ0) is 22.3. The van der Waals surface area contributed by atoms with Gasteiger partial charge in [-0.25, -0.2) is 0 Å². The number of allylic oxidation sites excluding steroid dienone is 1. The number of carbonyl (C=O) groups excluding carboxylic acids is 1. The fourth-order valence-corrected chi connectivity index (χ4v) is 3.84. The van der Waals surface area contributed by atoms with Crippen molar-refractivity contribution in [1.82, 2.24) is 14.8 Å². The van der Waals surface area contributed by atoms with Crippen LogP contribution in [0, 0.1) is 0 Å². The Kier molecular flexibility index (Phi) is 6.84. The van der Waals surface area contributed by atoms with Crippen LogP contribution in [-0.4, -0.2) is 34.4 Å². The smallest absolute Gasteiger partial charge is 0.262 e. The van der Waals surface area contributed by atoms with E-state index in [9.17, 15) is 4.79 Å². The van der Waals surface area contributed by atoms with E-state index in [0.717, 1.165) is 48.6 Å². The van der Waals surface area contributed by atoms with Crippen molar-refractivity contribution in [3.8, 4) is 22.9 Å². The number of nitrogens with one attached hydrogen (secondary N) is 1. The maximum Gasteiger partial charge on any atom is 0.262 e. The summed E-state index contributed by atoms with van der Waals surface area (Å²) in [5.74, 6) is 2.82. The largest absolute Gasteiger partial charge is 0.493 e. The number of benzene rings is 2. The number of rotatable bonds is 7. The Bertz CT molecular complexity index is 1100. The number of nitrogens with zero attached hydrogens (tertiary/aromatic N) is 3. The van der Waals surface area contributed by atoms with Crippen molar-refractivity contribution >= 4 is 17.7 Å². The van der Waals surface area contributed by atoms with E-state index in [1.807, 2.05) is 55.5 Å². The van der Waals surface area contributed by atoms with Crippen LogP contribution in [0.2, 0.25) is 0 Å². The summed E-state index contributed by atoms with van der Waals surface area (Å²) in [7, 11) is 1.58. The predicted octanol–water partition coefficient (Wildman–Crippen LogP) is 4.73. The van der Waals surface area contributed by atoms with Gasteiger partial charge in [0.15, 0.2) is 23.9 Å². The van der Waals surface area contributed by atoms with Crippen molar-refractivity contribution in [3.05, 3.63) is 59.9 Å². The quantitative estimate of drug-likeness (QED) is 0.584. The lowest BCUT2D eigenvalue weighted by atomic mass is 10.2. The number of anilines is 1. The lowest BCUT2D eigenvalue weighted by Crippen LogP contribution is -2.20. The molecular weight excluding hydrogens is 404 g/mol. The monoisotopic (exact) mass is 432 g/mol. The van der Waals surface area contributed by atoms with Gasteiger partial charge in [-0.3, -0.25) is 4.79 Å². The van der Waals surface area contributed by atoms with Crippen molar-refractivity contribution in [2.75, 3.05) is 19.0 Å². The molecule has 1 aliphatic rings. The van der Waals surface area contributed by atoms with Gasteiger partial charge in [0.2, 0.25) is 0 Å². The van der Waals surface area contributed by atoms with Gasteiger partial charge in [0.05, 0.1) is 7.11 Å². The number of amides is 1. The van der Waals surface area contributed by atoms with Crippen LogP contribution in [0.25, 0.3) is 17.5 Å². The van der Waals surface area contributed by atoms with Crippen LogP contribution in [-0.2, 0) is 17.8 Å². The second-order valence-electron chi connectivity index (χ2n) is 7.73. The van der Waals surface area contributed by atoms with Crippen LogP contribution in [0.4, 0.5) is 5.69 Å². The van der Waals surface area contributed by atoms with E-state index in [1.54, 1.807) is 13.2 Å². The van der Waals surface area contributed by atoms with E-state index in [1.165, 1.54) is 6.42 Å². The van der Waals surface area contributed by atoms with Crippen molar-refractivity contribution in [1.29, 1.82) is 0 Å². The van der Waals surface area contributed by atoms with E-state index in [-0.39, 0.29) is 12.5 Å². The Morgan fingerprint density at radius 3 is 2.72 bits per heavy atom. The number of carbonyl (C=O) groups is 1. The Morgan fingerprint density at radius 1 is 1.09 bits per heavy atom. The zero-order valence-electron chi connectivity index (χ0n) is 18.5. The first kappa shape index (κ1) is 21.6. The molecule has 1 aliphatic heterocycles. The third-order valence-corrected chi connectivity index (χ3v) is 5.44. The molecular formula is C25H28N4O3. The van der Waals surface area contributed by atoms with Gasteiger partial charge in [-0.1, -0.05) is 24.6 Å². The van der Waals surface area contributed by atoms with Gasteiger partial charge >= 0.3 is 0 Å². The first-order chi connectivity index (χ1) is 15.7. The average molecular weight is 433 g/mol. The molecule has 2 heterocycles. The van der Waals surface area contributed by atoms with Crippen LogP contribution >= 0.6 is 0 Å². The molecule has 4 rings (SSSR count). The highest BCUT2D eigenvalue weighted by Crippen LogP contribution is 2.29. The van der Waals surface area contributed by atoms with Gasteiger partial charge < -0.3 is 19.4 Å². The van der Waals surface area contributed by atoms with Crippen LogP contribution in [0.1, 0.15) is 37.6 Å². The lowest BCUT2D eigenvalue weighted by molar-refractivity contribution is -0.118. The number of fused-ring (bicyclic) bond motifs is 1. The van der Waals surface area contributed by atoms with E-state index in [2.05, 4.69) is 20.1 Å². The number of ether oxygens (including phenoxy) is 2. The predicted molar refractivity (Wildman–Crippen MR) is 125 cm³/mol. The molecule has 0 saturated carbocycles. The van der Waals surface area contributed by atoms with Gasteiger partial charge in [-0.05, 0) is 61.7 Å². The molecule has 7 nitrogen and oxygen atoms in total. The molecule has 3 aromatic rings. The topological polar surface area (TPSA) is 78.3 Å². The summed E-state index contributed by atoms with van der Waals surface area (Å²) in [5.41, 5.74) is 2.70. The maximum absolute atomic E-state index is 12.4. The van der Waals surface area contributed by atoms with Crippen molar-refractivity contribution < 1.29 is 14.3 Å². The number of hydrogen-bond donors (Lipinski definition) is 1. The molecule has 0 fully saturated rings. The second kappa shape index (κ2) is 10.1. The van der Waals surface area contributed by atoms with Gasteiger partial charge in [0.25, 0.3) is 5.91 Å².